The highest BCUT2D eigenvalue weighted by atomic mass is 13.6. The predicted molar refractivity (Wildman–Crippen MR) is 90.2 cm³/mol. The van der Waals surface area contributed by atoms with Crippen molar-refractivity contribution in [1.29, 1.82) is 0 Å². The van der Waals surface area contributed by atoms with Crippen molar-refractivity contribution >= 4 is 0 Å². The Hall–Kier alpha value is -4.97. The highest BCUT2D eigenvalue weighted by Crippen LogP contribution is 1.58. The van der Waals surface area contributed by atoms with Gasteiger partial charge in [0, 0.05) is 0 Å². The molecule has 0 unspecified atom stereocenters. The summed E-state index contributed by atoms with van der Waals surface area (Å²) in [7, 11) is 0. The van der Waals surface area contributed by atoms with Crippen LogP contribution in [0.4, 0.5) is 0 Å². The molecule has 0 bridgehead atoms. The molecule has 0 fully saturated rings. The summed E-state index contributed by atoms with van der Waals surface area (Å²) in [4.78, 5) is 0. The van der Waals surface area contributed by atoms with Gasteiger partial charge in [0.2, 0.25) is 0 Å². The Morgan fingerprint density at radius 1 is 0.348 bits per heavy atom. The molecule has 0 aliphatic carbocycles. The second kappa shape index (κ2) is 17.0. The summed E-state index contributed by atoms with van der Waals surface area (Å²) in [5.74, 6) is 50.7. The highest BCUT2D eigenvalue weighted by Gasteiger charge is 1.57. The van der Waals surface area contributed by atoms with Crippen molar-refractivity contribution in [2.24, 2.45) is 0 Å². The predicted octanol–water partition coefficient (Wildman–Crippen LogP) is 0.444. The van der Waals surface area contributed by atoms with Gasteiger partial charge in [-0.3, -0.25) is 11.8 Å². The first kappa shape index (κ1) is 18.0. The molecule has 0 aliphatic heterocycles. The lowest BCUT2D eigenvalue weighted by Crippen LogP contribution is -1.56. The molecule has 0 N–H and O–H groups in total. The van der Waals surface area contributed by atoms with E-state index < -0.39 is 0 Å². The van der Waals surface area contributed by atoms with Gasteiger partial charge >= 0.3 is 0 Å². The van der Waals surface area contributed by atoms with E-state index in [9.17, 15) is 0 Å². The number of hydrogen-bond acceptors (Lipinski definition) is 0. The lowest BCUT2D eigenvalue weighted by Gasteiger charge is -1.64. The molecule has 0 aromatic carbocycles. The average Bonchev–Trinajstić information content (AvgIpc) is 2.57. The van der Waals surface area contributed by atoms with Gasteiger partial charge in [-0.15, -0.1) is 11.8 Å². The highest BCUT2D eigenvalue weighted by molar-refractivity contribution is 5.47. The first-order valence-electron chi connectivity index (χ1n) is 5.60. The number of rotatable bonds is 0. The van der Waals surface area contributed by atoms with E-state index in [4.69, 9.17) is 6.42 Å². The van der Waals surface area contributed by atoms with Crippen LogP contribution < -0.4 is 0 Å². The zero-order chi connectivity index (χ0) is 16.8. The molecule has 0 radical (unpaired) electrons. The maximum absolute atomic E-state index is 6.51. The molecule has 0 aromatic heterocycles. The van der Waals surface area contributed by atoms with Gasteiger partial charge in [-0.05, 0) is 88.8 Å². The summed E-state index contributed by atoms with van der Waals surface area (Å²) in [6, 6.07) is 0. The first-order chi connectivity index (χ1) is 11.4. The Labute approximate surface area is 138 Å². The minimum atomic E-state index is 1.87. The van der Waals surface area contributed by atoms with Crippen LogP contribution in [0.5, 0.6) is 0 Å². The van der Waals surface area contributed by atoms with Gasteiger partial charge < -0.3 is 6.42 Å². The van der Waals surface area contributed by atoms with Crippen molar-refractivity contribution in [2.75, 3.05) is 0 Å². The maximum atomic E-state index is 6.51. The molecule has 0 spiro atoms. The second-order valence-corrected chi connectivity index (χ2v) is 2.68. The molecule has 0 aliphatic rings. The molecule has 96 valence electrons. The topological polar surface area (TPSA) is 0 Å². The molecule has 23 heavy (non-hydrogen) atoms. The van der Waals surface area contributed by atoms with Crippen molar-refractivity contribution in [2.45, 2.75) is 0 Å². The quantitative estimate of drug-likeness (QED) is 0.446. The average molecular weight is 278 g/mol. The summed E-state index contributed by atoms with van der Waals surface area (Å²) in [6.07, 6.45) is 6.51. The van der Waals surface area contributed by atoms with E-state index >= 15 is 0 Å². The number of hydrogen-bond donors (Lipinski definition) is 0. The summed E-state index contributed by atoms with van der Waals surface area (Å²) < 4.78 is 0. The zero-order valence-corrected chi connectivity index (χ0v) is 11.7. The van der Waals surface area contributed by atoms with Crippen LogP contribution in [0.25, 0.3) is 0 Å². The van der Waals surface area contributed by atoms with Crippen molar-refractivity contribution in [3.8, 4) is 124 Å². The molecular formula is C23H2-2. The molecule has 0 amide bonds. The fourth-order valence-electron chi connectivity index (χ4n) is 0.607. The fraction of sp³-hybridized carbons (Fsp3) is 0. The van der Waals surface area contributed by atoms with E-state index in [1.54, 1.807) is 0 Å². The minimum Gasteiger partial charge on any atom is -0.358 e. The van der Waals surface area contributed by atoms with Crippen LogP contribution in [0.2, 0.25) is 0 Å². The standard InChI is InChI=1S/C23H2/c1-3-5-7-9-11-13-15-17-19-21-23-22-20-18-16-14-12-10-8-6-4-2/h1H2/q-2. The van der Waals surface area contributed by atoms with Crippen molar-refractivity contribution < 1.29 is 0 Å². The third-order valence-corrected chi connectivity index (χ3v) is 1.28. The summed E-state index contributed by atoms with van der Waals surface area (Å²) in [5.41, 5.74) is 0. The van der Waals surface area contributed by atoms with E-state index in [1.807, 2.05) is 5.92 Å². The van der Waals surface area contributed by atoms with E-state index in [0.717, 1.165) is 0 Å². The molecule has 0 aromatic rings. The Balaban J connectivity index is 4.38. The van der Waals surface area contributed by atoms with Crippen LogP contribution in [0.3, 0.4) is 0 Å². The third kappa shape index (κ3) is 17.0. The molecule has 0 heterocycles. The van der Waals surface area contributed by atoms with Gasteiger partial charge in [0.1, 0.15) is 0 Å². The van der Waals surface area contributed by atoms with Crippen LogP contribution in [0.15, 0.2) is 0 Å². The van der Waals surface area contributed by atoms with Crippen LogP contribution in [0, 0.1) is 138 Å². The monoisotopic (exact) mass is 278 g/mol. The largest absolute Gasteiger partial charge is 0.358 e. The Morgan fingerprint density at radius 3 is 0.783 bits per heavy atom. The molecular weight excluding hydrogens is 276 g/mol. The van der Waals surface area contributed by atoms with Gasteiger partial charge in [0.15, 0.2) is 0 Å². The van der Waals surface area contributed by atoms with Gasteiger partial charge in [0.25, 0.3) is 0 Å². The lowest BCUT2D eigenvalue weighted by molar-refractivity contribution is 2.31. The first-order valence-corrected chi connectivity index (χ1v) is 5.60. The Morgan fingerprint density at radius 2 is 0.565 bits per heavy atom. The SMILES string of the molecule is [C-]#CC#CC#CC#CC#CC#CC#CC#CC#CC#CC#C[CH2-]. The van der Waals surface area contributed by atoms with Crippen LogP contribution in [-0.4, -0.2) is 0 Å². The molecule has 0 nitrogen and oxygen atoms in total. The lowest BCUT2D eigenvalue weighted by atomic mass is 10.4. The third-order valence-electron chi connectivity index (χ3n) is 1.28. The van der Waals surface area contributed by atoms with Crippen LogP contribution in [0.1, 0.15) is 0 Å². The molecule has 0 rings (SSSR count). The van der Waals surface area contributed by atoms with Crippen LogP contribution >= 0.6 is 0 Å². The van der Waals surface area contributed by atoms with Crippen molar-refractivity contribution in [3.63, 3.8) is 0 Å². The van der Waals surface area contributed by atoms with E-state index in [2.05, 4.69) is 125 Å². The maximum Gasteiger partial charge on any atom is -0.0000000000000000745 e. The zero-order valence-electron chi connectivity index (χ0n) is 11.7. The normalized spacial score (nSPS) is 3.78. The summed E-state index contributed by atoms with van der Waals surface area (Å²) in [6.45, 7) is 3.30. The van der Waals surface area contributed by atoms with Crippen molar-refractivity contribution in [3.05, 3.63) is 13.3 Å². The minimum absolute atomic E-state index is 1.87. The summed E-state index contributed by atoms with van der Waals surface area (Å²) in [5, 5.41) is 0. The fourth-order valence-corrected chi connectivity index (χ4v) is 0.607. The molecule has 0 saturated carbocycles. The second-order valence-electron chi connectivity index (χ2n) is 2.68. The van der Waals surface area contributed by atoms with E-state index in [1.165, 1.54) is 0 Å². The molecule has 0 saturated heterocycles. The summed E-state index contributed by atoms with van der Waals surface area (Å²) >= 11 is 0. The van der Waals surface area contributed by atoms with Crippen LogP contribution in [-0.2, 0) is 0 Å². The van der Waals surface area contributed by atoms with E-state index in [0.29, 0.717) is 0 Å². The molecule has 0 atom stereocenters. The smallest absolute Gasteiger partial charge is 0.0000000000000000745 e. The van der Waals surface area contributed by atoms with Crippen molar-refractivity contribution in [1.82, 2.24) is 0 Å². The van der Waals surface area contributed by atoms with Gasteiger partial charge in [0.05, 0.1) is 0 Å². The Bertz CT molecular complexity index is 1110. The Kier molecular flexibility index (Phi) is 13.4. The molecule has 0 heteroatoms. The van der Waals surface area contributed by atoms with Gasteiger partial charge in [-0.2, -0.15) is 6.92 Å². The van der Waals surface area contributed by atoms with E-state index in [-0.39, 0.29) is 0 Å². The van der Waals surface area contributed by atoms with Gasteiger partial charge in [-0.25, -0.2) is 11.8 Å². The van der Waals surface area contributed by atoms with Gasteiger partial charge in [-0.1, -0.05) is 0 Å².